The number of alkyl halides is 3. The van der Waals surface area contributed by atoms with E-state index in [1.54, 1.807) is 13.0 Å². The number of fused-ring (bicyclic) bond motifs is 1. The van der Waals surface area contributed by atoms with Crippen molar-refractivity contribution >= 4 is 28.5 Å². The number of hydrogen-bond donors (Lipinski definition) is 2. The number of aryl methyl sites for hydroxylation is 1. The van der Waals surface area contributed by atoms with E-state index in [-0.39, 0.29) is 36.7 Å². The molecular weight excluding hydrogens is 413 g/mol. The lowest BCUT2D eigenvalue weighted by molar-refractivity contribution is -0.137. The van der Waals surface area contributed by atoms with Crippen molar-refractivity contribution in [2.24, 2.45) is 0 Å². The molecule has 0 radical (unpaired) electrons. The second-order valence-electron chi connectivity index (χ2n) is 6.72. The number of hydrogen-bond acceptors (Lipinski definition) is 5. The summed E-state index contributed by atoms with van der Waals surface area (Å²) in [5.74, 6) is -0.153. The van der Waals surface area contributed by atoms with Gasteiger partial charge in [-0.1, -0.05) is 0 Å². The molecule has 7 nitrogen and oxygen atoms in total. The van der Waals surface area contributed by atoms with Gasteiger partial charge in [-0.05, 0) is 43.3 Å². The van der Waals surface area contributed by atoms with Gasteiger partial charge >= 0.3 is 6.18 Å². The van der Waals surface area contributed by atoms with Gasteiger partial charge in [-0.15, -0.1) is 0 Å². The molecule has 0 saturated carbocycles. The lowest BCUT2D eigenvalue weighted by Gasteiger charge is -2.10. The van der Waals surface area contributed by atoms with Crippen molar-refractivity contribution in [2.45, 2.75) is 20.0 Å². The highest BCUT2D eigenvalue weighted by Crippen LogP contribution is 2.31. The third-order valence-corrected chi connectivity index (χ3v) is 4.15. The van der Waals surface area contributed by atoms with Crippen LogP contribution in [0.5, 0.6) is 5.88 Å². The van der Waals surface area contributed by atoms with Gasteiger partial charge < -0.3 is 15.4 Å². The monoisotopic (exact) mass is 432 g/mol. The molecule has 2 N–H and O–H groups in total. The van der Waals surface area contributed by atoms with Gasteiger partial charge in [-0.25, -0.2) is 9.97 Å². The minimum absolute atomic E-state index is 0.105. The predicted octanol–water partition coefficient (Wildman–Crippen LogP) is 3.72. The second-order valence-corrected chi connectivity index (χ2v) is 6.72. The summed E-state index contributed by atoms with van der Waals surface area (Å²) in [6, 6.07) is 9.28. The summed E-state index contributed by atoms with van der Waals surface area (Å²) in [7, 11) is 0. The fourth-order valence-electron chi connectivity index (χ4n) is 2.83. The van der Waals surface area contributed by atoms with E-state index in [0.29, 0.717) is 22.2 Å². The van der Waals surface area contributed by atoms with Crippen molar-refractivity contribution in [1.29, 1.82) is 0 Å². The van der Waals surface area contributed by atoms with Crippen molar-refractivity contribution in [3.8, 4) is 5.88 Å². The average molecular weight is 432 g/mol. The summed E-state index contributed by atoms with van der Waals surface area (Å²) in [6.07, 6.45) is -4.42. The highest BCUT2D eigenvalue weighted by molar-refractivity contribution is 5.96. The number of anilines is 1. The number of aromatic nitrogens is 2. The van der Waals surface area contributed by atoms with Crippen LogP contribution in [0.3, 0.4) is 0 Å². The number of ether oxygens (including phenoxy) is 1. The lowest BCUT2D eigenvalue weighted by Crippen LogP contribution is -2.28. The standard InChI is InChI=1S/C21H19F3N4O3/c1-12-9-15(11-18(26-12)27-13(2)29)20(30)25-7-8-31-19-6-3-14-10-16(21(22,23)24)4-5-17(14)28-19/h3-6,9-11H,7-8H2,1-2H3,(H,25,30)(H,26,27,29). The number of halogens is 3. The van der Waals surface area contributed by atoms with Gasteiger partial charge in [-0.2, -0.15) is 13.2 Å². The number of carbonyl (C=O) groups is 2. The highest BCUT2D eigenvalue weighted by atomic mass is 19.4. The largest absolute Gasteiger partial charge is 0.476 e. The molecule has 0 fully saturated rings. The van der Waals surface area contributed by atoms with E-state index in [1.165, 1.54) is 31.2 Å². The molecule has 0 atom stereocenters. The van der Waals surface area contributed by atoms with E-state index >= 15 is 0 Å². The van der Waals surface area contributed by atoms with Crippen molar-refractivity contribution in [1.82, 2.24) is 15.3 Å². The SMILES string of the molecule is CC(=O)Nc1cc(C(=O)NCCOc2ccc3cc(C(F)(F)F)ccc3n2)cc(C)n1. The van der Waals surface area contributed by atoms with Gasteiger partial charge in [0, 0.05) is 29.6 Å². The number of carbonyl (C=O) groups excluding carboxylic acids is 2. The third-order valence-electron chi connectivity index (χ3n) is 4.15. The Labute approximate surface area is 175 Å². The number of benzene rings is 1. The molecule has 1 aromatic carbocycles. The summed E-state index contributed by atoms with van der Waals surface area (Å²) in [6.45, 7) is 3.32. The van der Waals surface area contributed by atoms with Gasteiger partial charge in [-0.3, -0.25) is 9.59 Å². The molecule has 162 valence electrons. The van der Waals surface area contributed by atoms with Crippen LogP contribution in [0.1, 0.15) is 28.5 Å². The van der Waals surface area contributed by atoms with Gasteiger partial charge in [0.2, 0.25) is 11.8 Å². The second kappa shape index (κ2) is 8.99. The van der Waals surface area contributed by atoms with Crippen LogP contribution in [0.25, 0.3) is 10.9 Å². The van der Waals surface area contributed by atoms with Crippen LogP contribution < -0.4 is 15.4 Å². The van der Waals surface area contributed by atoms with Crippen molar-refractivity contribution < 1.29 is 27.5 Å². The molecule has 2 aromatic heterocycles. The van der Waals surface area contributed by atoms with Crippen LogP contribution >= 0.6 is 0 Å². The molecule has 0 saturated heterocycles. The molecule has 0 spiro atoms. The maximum atomic E-state index is 12.8. The number of pyridine rings is 2. The van der Waals surface area contributed by atoms with E-state index in [0.717, 1.165) is 12.1 Å². The van der Waals surface area contributed by atoms with E-state index in [1.807, 2.05) is 0 Å². The quantitative estimate of drug-likeness (QED) is 0.579. The first-order valence-electron chi connectivity index (χ1n) is 9.27. The summed E-state index contributed by atoms with van der Waals surface area (Å²) in [5, 5.41) is 5.56. The zero-order valence-electron chi connectivity index (χ0n) is 16.7. The maximum absolute atomic E-state index is 12.8. The smallest absolute Gasteiger partial charge is 0.416 e. The van der Waals surface area contributed by atoms with Crippen LogP contribution in [0, 0.1) is 6.92 Å². The number of amides is 2. The molecule has 31 heavy (non-hydrogen) atoms. The molecular formula is C21H19F3N4O3. The summed E-state index contributed by atoms with van der Waals surface area (Å²) >= 11 is 0. The van der Waals surface area contributed by atoms with Crippen molar-refractivity contribution in [2.75, 3.05) is 18.5 Å². The molecule has 3 aromatic rings. The molecule has 0 unspecified atom stereocenters. The molecule has 0 aliphatic carbocycles. The van der Waals surface area contributed by atoms with Crippen LogP contribution in [0.2, 0.25) is 0 Å². The number of rotatable bonds is 6. The Morgan fingerprint density at radius 2 is 1.84 bits per heavy atom. The molecule has 0 bridgehead atoms. The summed E-state index contributed by atoms with van der Waals surface area (Å²) < 4.78 is 43.8. The van der Waals surface area contributed by atoms with Crippen LogP contribution in [-0.4, -0.2) is 34.9 Å². The number of nitrogens with zero attached hydrogens (tertiary/aromatic N) is 2. The maximum Gasteiger partial charge on any atom is 0.416 e. The molecule has 3 rings (SSSR count). The molecule has 2 amide bonds. The molecule has 0 aliphatic heterocycles. The highest BCUT2D eigenvalue weighted by Gasteiger charge is 2.30. The van der Waals surface area contributed by atoms with Crippen LogP contribution in [0.15, 0.2) is 42.5 Å². The molecule has 0 aliphatic rings. The normalized spacial score (nSPS) is 11.3. The van der Waals surface area contributed by atoms with E-state index in [9.17, 15) is 22.8 Å². The van der Waals surface area contributed by atoms with Crippen molar-refractivity contribution in [3.63, 3.8) is 0 Å². The first-order valence-corrected chi connectivity index (χ1v) is 9.27. The summed E-state index contributed by atoms with van der Waals surface area (Å²) in [5.41, 5.74) is 0.528. The molecule has 2 heterocycles. The fraction of sp³-hybridized carbons (Fsp3) is 0.238. The van der Waals surface area contributed by atoms with Gasteiger partial charge in [0.15, 0.2) is 0 Å². The Balaban J connectivity index is 1.57. The first-order chi connectivity index (χ1) is 14.6. The van der Waals surface area contributed by atoms with Gasteiger partial charge in [0.05, 0.1) is 17.6 Å². The Morgan fingerprint density at radius 1 is 1.06 bits per heavy atom. The van der Waals surface area contributed by atoms with E-state index in [2.05, 4.69) is 20.6 Å². The zero-order valence-corrected chi connectivity index (χ0v) is 16.7. The Morgan fingerprint density at radius 3 is 2.55 bits per heavy atom. The van der Waals surface area contributed by atoms with Crippen LogP contribution in [0.4, 0.5) is 19.0 Å². The van der Waals surface area contributed by atoms with E-state index < -0.39 is 11.7 Å². The number of nitrogens with one attached hydrogen (secondary N) is 2. The fourth-order valence-corrected chi connectivity index (χ4v) is 2.83. The zero-order chi connectivity index (χ0) is 22.6. The molecule has 10 heteroatoms. The van der Waals surface area contributed by atoms with E-state index in [4.69, 9.17) is 4.74 Å². The Hall–Kier alpha value is -3.69. The minimum atomic E-state index is -4.42. The average Bonchev–Trinajstić information content (AvgIpc) is 2.69. The Bertz CT molecular complexity index is 1130. The summed E-state index contributed by atoms with van der Waals surface area (Å²) in [4.78, 5) is 31.8. The van der Waals surface area contributed by atoms with Crippen LogP contribution in [-0.2, 0) is 11.0 Å². The Kier molecular flexibility index (Phi) is 6.38. The lowest BCUT2D eigenvalue weighted by atomic mass is 10.1. The van der Waals surface area contributed by atoms with Gasteiger partial charge in [0.1, 0.15) is 12.4 Å². The topological polar surface area (TPSA) is 93.2 Å². The minimum Gasteiger partial charge on any atom is -0.476 e. The van der Waals surface area contributed by atoms with Gasteiger partial charge in [0.25, 0.3) is 5.91 Å². The first kappa shape index (κ1) is 22.0. The predicted molar refractivity (Wildman–Crippen MR) is 108 cm³/mol. The van der Waals surface area contributed by atoms with Crippen molar-refractivity contribution in [3.05, 3.63) is 59.3 Å². The third kappa shape index (κ3) is 5.91.